The van der Waals surface area contributed by atoms with Crippen LogP contribution in [0.5, 0.6) is 0 Å². The van der Waals surface area contributed by atoms with Crippen LogP contribution in [-0.4, -0.2) is 36.6 Å². The highest BCUT2D eigenvalue weighted by Crippen LogP contribution is 2.17. The van der Waals surface area contributed by atoms with Gasteiger partial charge in [0.25, 0.3) is 5.91 Å². The van der Waals surface area contributed by atoms with Gasteiger partial charge in [-0.1, -0.05) is 6.07 Å². The van der Waals surface area contributed by atoms with Crippen molar-refractivity contribution >= 4 is 11.6 Å². The largest absolute Gasteiger partial charge is 0.398 e. The Kier molecular flexibility index (Phi) is 3.33. The minimum absolute atomic E-state index is 0.0347. The van der Waals surface area contributed by atoms with Gasteiger partial charge in [0.1, 0.15) is 0 Å². The van der Waals surface area contributed by atoms with Crippen molar-refractivity contribution in [1.82, 2.24) is 4.90 Å². The zero-order valence-electron chi connectivity index (χ0n) is 10.3. The quantitative estimate of drug-likeness (QED) is 0.748. The first-order chi connectivity index (χ1) is 8.09. The highest BCUT2D eigenvalue weighted by Gasteiger charge is 2.24. The van der Waals surface area contributed by atoms with E-state index in [1.54, 1.807) is 6.07 Å². The van der Waals surface area contributed by atoms with Gasteiger partial charge in [-0.25, -0.2) is 0 Å². The van der Waals surface area contributed by atoms with Gasteiger partial charge in [-0.15, -0.1) is 0 Å². The van der Waals surface area contributed by atoms with Crippen LogP contribution >= 0.6 is 0 Å². The molecule has 92 valence electrons. The second-order valence-electron chi connectivity index (χ2n) is 4.49. The van der Waals surface area contributed by atoms with E-state index >= 15 is 0 Å². The minimum Gasteiger partial charge on any atom is -0.398 e. The lowest BCUT2D eigenvalue weighted by molar-refractivity contribution is 0.00360. The number of benzene rings is 1. The molecule has 4 nitrogen and oxygen atoms in total. The molecule has 0 aliphatic carbocycles. The Morgan fingerprint density at radius 3 is 2.94 bits per heavy atom. The van der Waals surface area contributed by atoms with Crippen LogP contribution in [0.2, 0.25) is 0 Å². The Morgan fingerprint density at radius 2 is 2.29 bits per heavy atom. The van der Waals surface area contributed by atoms with Crippen LogP contribution in [-0.2, 0) is 4.74 Å². The van der Waals surface area contributed by atoms with Gasteiger partial charge in [0.2, 0.25) is 0 Å². The summed E-state index contributed by atoms with van der Waals surface area (Å²) in [6.45, 7) is 5.79. The fourth-order valence-corrected chi connectivity index (χ4v) is 1.97. The monoisotopic (exact) mass is 234 g/mol. The Morgan fingerprint density at radius 1 is 1.53 bits per heavy atom. The number of nitrogens with zero attached hydrogens (tertiary/aromatic N) is 1. The Balaban J connectivity index is 2.21. The van der Waals surface area contributed by atoms with Gasteiger partial charge in [-0.3, -0.25) is 4.79 Å². The summed E-state index contributed by atoms with van der Waals surface area (Å²) in [6, 6.07) is 5.59. The van der Waals surface area contributed by atoms with Crippen LogP contribution in [0.1, 0.15) is 22.8 Å². The first-order valence-corrected chi connectivity index (χ1v) is 5.84. The van der Waals surface area contributed by atoms with E-state index in [0.717, 1.165) is 5.56 Å². The molecule has 4 heteroatoms. The van der Waals surface area contributed by atoms with Crippen molar-refractivity contribution < 1.29 is 9.53 Å². The smallest absolute Gasteiger partial charge is 0.254 e. The summed E-state index contributed by atoms with van der Waals surface area (Å²) in [7, 11) is 0. The van der Waals surface area contributed by atoms with Gasteiger partial charge in [-0.2, -0.15) is 0 Å². The lowest BCUT2D eigenvalue weighted by atomic mass is 10.1. The third-order valence-electron chi connectivity index (χ3n) is 3.15. The van der Waals surface area contributed by atoms with E-state index in [0.29, 0.717) is 31.0 Å². The average Bonchev–Trinajstić information content (AvgIpc) is 2.32. The second kappa shape index (κ2) is 4.75. The summed E-state index contributed by atoms with van der Waals surface area (Å²) >= 11 is 0. The fraction of sp³-hybridized carbons (Fsp3) is 0.462. The molecule has 1 atom stereocenters. The molecule has 1 amide bonds. The van der Waals surface area contributed by atoms with Gasteiger partial charge in [0.05, 0.1) is 19.3 Å². The maximum atomic E-state index is 12.3. The van der Waals surface area contributed by atoms with Crippen LogP contribution < -0.4 is 5.73 Å². The number of morpholine rings is 1. The third-order valence-corrected chi connectivity index (χ3v) is 3.15. The van der Waals surface area contributed by atoms with Gasteiger partial charge in [-0.05, 0) is 31.5 Å². The van der Waals surface area contributed by atoms with E-state index in [1.165, 1.54) is 0 Å². The lowest BCUT2D eigenvalue weighted by Crippen LogP contribution is -2.47. The molecule has 1 aliphatic rings. The SMILES string of the molecule is Cc1ccc(C(=O)N2CCOCC2C)cc1N. The molecule has 2 N–H and O–H groups in total. The third kappa shape index (κ3) is 2.42. The molecule has 0 bridgehead atoms. The predicted octanol–water partition coefficient (Wildman–Crippen LogP) is 1.44. The van der Waals surface area contributed by atoms with Crippen LogP contribution in [0, 0.1) is 6.92 Å². The molecule has 0 saturated carbocycles. The Bertz CT molecular complexity index is 431. The fourth-order valence-electron chi connectivity index (χ4n) is 1.97. The first-order valence-electron chi connectivity index (χ1n) is 5.84. The summed E-state index contributed by atoms with van der Waals surface area (Å²) in [4.78, 5) is 14.1. The van der Waals surface area contributed by atoms with Crippen molar-refractivity contribution in [3.63, 3.8) is 0 Å². The number of ether oxygens (including phenoxy) is 1. The van der Waals surface area contributed by atoms with Crippen molar-refractivity contribution in [3.05, 3.63) is 29.3 Å². The predicted molar refractivity (Wildman–Crippen MR) is 66.9 cm³/mol. The van der Waals surface area contributed by atoms with Crippen molar-refractivity contribution in [2.75, 3.05) is 25.5 Å². The maximum absolute atomic E-state index is 12.3. The number of aryl methyl sites for hydroxylation is 1. The molecule has 17 heavy (non-hydrogen) atoms. The standard InChI is InChI=1S/C13H18N2O2/c1-9-3-4-11(7-12(9)14)13(16)15-5-6-17-8-10(15)2/h3-4,7,10H,5-6,8,14H2,1-2H3. The van der Waals surface area contributed by atoms with Gasteiger partial charge >= 0.3 is 0 Å². The lowest BCUT2D eigenvalue weighted by Gasteiger charge is -2.33. The first kappa shape index (κ1) is 11.9. The molecule has 1 fully saturated rings. The highest BCUT2D eigenvalue weighted by molar-refractivity contribution is 5.95. The van der Waals surface area contributed by atoms with Crippen LogP contribution in [0.3, 0.4) is 0 Å². The number of carbonyl (C=O) groups is 1. The molecule has 0 radical (unpaired) electrons. The molecule has 2 rings (SSSR count). The number of hydrogen-bond acceptors (Lipinski definition) is 3. The summed E-state index contributed by atoms with van der Waals surface area (Å²) in [6.07, 6.45) is 0. The van der Waals surface area contributed by atoms with Gasteiger partial charge in [0.15, 0.2) is 0 Å². The molecule has 0 spiro atoms. The topological polar surface area (TPSA) is 55.6 Å². The van der Waals surface area contributed by atoms with Crippen molar-refractivity contribution in [2.24, 2.45) is 0 Å². The van der Waals surface area contributed by atoms with E-state index in [4.69, 9.17) is 10.5 Å². The van der Waals surface area contributed by atoms with Crippen molar-refractivity contribution in [1.29, 1.82) is 0 Å². The van der Waals surface area contributed by atoms with Crippen LogP contribution in [0.25, 0.3) is 0 Å². The van der Waals surface area contributed by atoms with Gasteiger partial charge in [0, 0.05) is 17.8 Å². The molecule has 1 aromatic rings. The number of anilines is 1. The van der Waals surface area contributed by atoms with Crippen molar-refractivity contribution in [3.8, 4) is 0 Å². The molecule has 0 aromatic heterocycles. The summed E-state index contributed by atoms with van der Waals surface area (Å²) in [5.41, 5.74) is 8.14. The molecule has 1 unspecified atom stereocenters. The maximum Gasteiger partial charge on any atom is 0.254 e. The normalized spacial score (nSPS) is 20.4. The molecule has 1 aromatic carbocycles. The molecule has 1 saturated heterocycles. The molecular formula is C13H18N2O2. The minimum atomic E-state index is 0.0347. The Hall–Kier alpha value is -1.55. The summed E-state index contributed by atoms with van der Waals surface area (Å²) in [5, 5.41) is 0. The Labute approximate surface area is 101 Å². The second-order valence-corrected chi connectivity index (χ2v) is 4.49. The summed E-state index contributed by atoms with van der Waals surface area (Å²) < 4.78 is 5.32. The zero-order valence-corrected chi connectivity index (χ0v) is 10.3. The molecular weight excluding hydrogens is 216 g/mol. The van der Waals surface area contributed by atoms with E-state index in [9.17, 15) is 4.79 Å². The number of amides is 1. The number of nitrogens with two attached hydrogens (primary N) is 1. The average molecular weight is 234 g/mol. The number of carbonyl (C=O) groups excluding carboxylic acids is 1. The molecule has 1 heterocycles. The van der Waals surface area contributed by atoms with Crippen LogP contribution in [0.4, 0.5) is 5.69 Å². The molecule has 1 aliphatic heterocycles. The van der Waals surface area contributed by atoms with E-state index in [1.807, 2.05) is 30.9 Å². The number of nitrogen functional groups attached to an aromatic ring is 1. The number of hydrogen-bond donors (Lipinski definition) is 1. The van der Waals surface area contributed by atoms with E-state index in [2.05, 4.69) is 0 Å². The highest BCUT2D eigenvalue weighted by atomic mass is 16.5. The van der Waals surface area contributed by atoms with E-state index in [-0.39, 0.29) is 11.9 Å². The van der Waals surface area contributed by atoms with E-state index < -0.39 is 0 Å². The van der Waals surface area contributed by atoms with Crippen LogP contribution in [0.15, 0.2) is 18.2 Å². The summed E-state index contributed by atoms with van der Waals surface area (Å²) in [5.74, 6) is 0.0347. The van der Waals surface area contributed by atoms with Gasteiger partial charge < -0.3 is 15.4 Å². The van der Waals surface area contributed by atoms with Crippen molar-refractivity contribution in [2.45, 2.75) is 19.9 Å². The number of rotatable bonds is 1. The zero-order chi connectivity index (χ0) is 12.4.